The van der Waals surface area contributed by atoms with Gasteiger partial charge in [0, 0.05) is 6.04 Å². The van der Waals surface area contributed by atoms with Crippen molar-refractivity contribution in [3.05, 3.63) is 0 Å². The van der Waals surface area contributed by atoms with Crippen molar-refractivity contribution in [2.75, 3.05) is 13.6 Å². The lowest BCUT2D eigenvalue weighted by molar-refractivity contribution is 0.0122. The standard InChI is InChI=1S/C15H31NO/c1-4-6-7-11-16(3)14-12-13(8-5-2)9-10-15(14)17/h13-15,17H,4-12H2,1-3H3. The number of aliphatic hydroxyl groups is 1. The largest absolute Gasteiger partial charge is 0.391 e. The highest BCUT2D eigenvalue weighted by molar-refractivity contribution is 4.85. The summed E-state index contributed by atoms with van der Waals surface area (Å²) >= 11 is 0. The van der Waals surface area contributed by atoms with Crippen molar-refractivity contribution in [2.24, 2.45) is 5.92 Å². The van der Waals surface area contributed by atoms with Gasteiger partial charge in [-0.1, -0.05) is 39.5 Å². The van der Waals surface area contributed by atoms with Gasteiger partial charge in [-0.25, -0.2) is 0 Å². The van der Waals surface area contributed by atoms with Crippen LogP contribution >= 0.6 is 0 Å². The molecule has 0 aliphatic heterocycles. The molecule has 0 amide bonds. The molecule has 0 aromatic rings. The predicted molar refractivity (Wildman–Crippen MR) is 74.2 cm³/mol. The van der Waals surface area contributed by atoms with Crippen LogP contribution in [0.5, 0.6) is 0 Å². The Kier molecular flexibility index (Phi) is 7.14. The van der Waals surface area contributed by atoms with E-state index in [1.54, 1.807) is 0 Å². The van der Waals surface area contributed by atoms with Crippen LogP contribution in [0.15, 0.2) is 0 Å². The number of likely N-dealkylation sites (N-methyl/N-ethyl adjacent to an activating group) is 1. The van der Waals surface area contributed by atoms with Crippen molar-refractivity contribution in [2.45, 2.75) is 77.4 Å². The van der Waals surface area contributed by atoms with E-state index in [1.807, 2.05) is 0 Å². The van der Waals surface area contributed by atoms with E-state index in [9.17, 15) is 5.11 Å². The Bertz CT molecular complexity index is 195. The molecule has 0 radical (unpaired) electrons. The SMILES string of the molecule is CCCCCN(C)C1CC(CCC)CCC1O. The van der Waals surface area contributed by atoms with Gasteiger partial charge in [0.25, 0.3) is 0 Å². The van der Waals surface area contributed by atoms with Gasteiger partial charge >= 0.3 is 0 Å². The van der Waals surface area contributed by atoms with Crippen molar-refractivity contribution < 1.29 is 5.11 Å². The van der Waals surface area contributed by atoms with Crippen LogP contribution < -0.4 is 0 Å². The first-order valence-electron chi connectivity index (χ1n) is 7.57. The van der Waals surface area contributed by atoms with E-state index in [0.29, 0.717) is 6.04 Å². The number of nitrogens with zero attached hydrogens (tertiary/aromatic N) is 1. The fourth-order valence-electron chi connectivity index (χ4n) is 3.14. The van der Waals surface area contributed by atoms with Crippen LogP contribution in [0.1, 0.15) is 65.2 Å². The minimum Gasteiger partial charge on any atom is -0.391 e. The monoisotopic (exact) mass is 241 g/mol. The lowest BCUT2D eigenvalue weighted by Gasteiger charge is -2.39. The van der Waals surface area contributed by atoms with E-state index in [-0.39, 0.29) is 6.10 Å². The lowest BCUT2D eigenvalue weighted by Crippen LogP contribution is -2.45. The second-order valence-electron chi connectivity index (χ2n) is 5.79. The zero-order valence-corrected chi connectivity index (χ0v) is 12.0. The highest BCUT2D eigenvalue weighted by Gasteiger charge is 2.30. The first-order chi connectivity index (χ1) is 8.19. The van der Waals surface area contributed by atoms with Gasteiger partial charge in [0.05, 0.1) is 6.10 Å². The molecule has 0 bridgehead atoms. The van der Waals surface area contributed by atoms with Gasteiger partial charge in [0.1, 0.15) is 0 Å². The smallest absolute Gasteiger partial charge is 0.0695 e. The quantitative estimate of drug-likeness (QED) is 0.690. The Morgan fingerprint density at radius 3 is 2.53 bits per heavy atom. The molecule has 1 aliphatic carbocycles. The van der Waals surface area contributed by atoms with E-state index in [2.05, 4.69) is 25.8 Å². The van der Waals surface area contributed by atoms with Gasteiger partial charge in [-0.2, -0.15) is 0 Å². The molecule has 1 aliphatic rings. The summed E-state index contributed by atoms with van der Waals surface area (Å²) in [6.07, 6.45) is 9.84. The molecule has 2 heteroatoms. The average molecular weight is 241 g/mol. The van der Waals surface area contributed by atoms with Crippen molar-refractivity contribution in [3.63, 3.8) is 0 Å². The Hall–Kier alpha value is -0.0800. The minimum atomic E-state index is -0.0882. The molecular weight excluding hydrogens is 210 g/mol. The molecule has 3 atom stereocenters. The molecule has 17 heavy (non-hydrogen) atoms. The van der Waals surface area contributed by atoms with E-state index in [4.69, 9.17) is 0 Å². The van der Waals surface area contributed by atoms with Crippen LogP contribution in [-0.2, 0) is 0 Å². The molecule has 1 rings (SSSR count). The zero-order valence-electron chi connectivity index (χ0n) is 12.0. The van der Waals surface area contributed by atoms with Gasteiger partial charge < -0.3 is 10.0 Å². The summed E-state index contributed by atoms with van der Waals surface area (Å²) in [5, 5.41) is 10.1. The van der Waals surface area contributed by atoms with Crippen molar-refractivity contribution >= 4 is 0 Å². The maximum Gasteiger partial charge on any atom is 0.0695 e. The predicted octanol–water partition coefficient (Wildman–Crippen LogP) is 3.44. The summed E-state index contributed by atoms with van der Waals surface area (Å²) in [5.74, 6) is 0.849. The molecule has 0 aromatic heterocycles. The summed E-state index contributed by atoms with van der Waals surface area (Å²) in [6.45, 7) is 5.66. The normalized spacial score (nSPS) is 29.8. The van der Waals surface area contributed by atoms with Gasteiger partial charge in [-0.15, -0.1) is 0 Å². The highest BCUT2D eigenvalue weighted by Crippen LogP contribution is 2.30. The maximum atomic E-state index is 10.1. The van der Waals surface area contributed by atoms with Gasteiger partial charge in [-0.05, 0) is 45.2 Å². The Morgan fingerprint density at radius 1 is 1.12 bits per heavy atom. The van der Waals surface area contributed by atoms with Crippen LogP contribution in [-0.4, -0.2) is 35.7 Å². The zero-order chi connectivity index (χ0) is 12.7. The fourth-order valence-corrected chi connectivity index (χ4v) is 3.14. The van der Waals surface area contributed by atoms with Gasteiger partial charge in [-0.3, -0.25) is 0 Å². The van der Waals surface area contributed by atoms with Crippen LogP contribution in [0.3, 0.4) is 0 Å². The molecule has 3 unspecified atom stereocenters. The summed E-state index contributed by atoms with van der Waals surface area (Å²) in [6, 6.07) is 0.414. The second kappa shape index (κ2) is 8.10. The fraction of sp³-hybridized carbons (Fsp3) is 1.00. The summed E-state index contributed by atoms with van der Waals surface area (Å²) in [7, 11) is 2.19. The first kappa shape index (κ1) is 15.0. The first-order valence-corrected chi connectivity index (χ1v) is 7.57. The van der Waals surface area contributed by atoms with Crippen LogP contribution in [0, 0.1) is 5.92 Å². The molecule has 0 aromatic carbocycles. The highest BCUT2D eigenvalue weighted by atomic mass is 16.3. The molecule has 1 N–H and O–H groups in total. The van der Waals surface area contributed by atoms with E-state index in [0.717, 1.165) is 18.9 Å². The van der Waals surface area contributed by atoms with Gasteiger partial charge in [0.2, 0.25) is 0 Å². The third-order valence-electron chi connectivity index (χ3n) is 4.27. The van der Waals surface area contributed by atoms with E-state index < -0.39 is 0 Å². The third-order valence-corrected chi connectivity index (χ3v) is 4.27. The van der Waals surface area contributed by atoms with E-state index in [1.165, 1.54) is 44.9 Å². The number of aliphatic hydroxyl groups excluding tert-OH is 1. The van der Waals surface area contributed by atoms with Gasteiger partial charge in [0.15, 0.2) is 0 Å². The Morgan fingerprint density at radius 2 is 1.88 bits per heavy atom. The maximum absolute atomic E-state index is 10.1. The Labute approximate surface area is 107 Å². The van der Waals surface area contributed by atoms with Crippen molar-refractivity contribution in [1.82, 2.24) is 4.90 Å². The average Bonchev–Trinajstić information content (AvgIpc) is 2.32. The molecular formula is C15H31NO. The summed E-state index contributed by atoms with van der Waals surface area (Å²) in [4.78, 5) is 2.40. The van der Waals surface area contributed by atoms with Crippen molar-refractivity contribution in [1.29, 1.82) is 0 Å². The number of rotatable bonds is 7. The second-order valence-corrected chi connectivity index (χ2v) is 5.79. The Balaban J connectivity index is 2.36. The summed E-state index contributed by atoms with van der Waals surface area (Å²) < 4.78 is 0. The molecule has 1 saturated carbocycles. The molecule has 0 saturated heterocycles. The minimum absolute atomic E-state index is 0.0882. The van der Waals surface area contributed by atoms with E-state index >= 15 is 0 Å². The lowest BCUT2D eigenvalue weighted by atomic mass is 9.81. The van der Waals surface area contributed by atoms with Crippen molar-refractivity contribution in [3.8, 4) is 0 Å². The molecule has 2 nitrogen and oxygen atoms in total. The topological polar surface area (TPSA) is 23.5 Å². The van der Waals surface area contributed by atoms with Crippen LogP contribution in [0.4, 0.5) is 0 Å². The molecule has 1 fully saturated rings. The number of hydrogen-bond acceptors (Lipinski definition) is 2. The molecule has 102 valence electrons. The third kappa shape index (κ3) is 4.97. The molecule has 0 spiro atoms. The number of hydrogen-bond donors (Lipinski definition) is 1. The van der Waals surface area contributed by atoms with Crippen LogP contribution in [0.2, 0.25) is 0 Å². The van der Waals surface area contributed by atoms with Crippen LogP contribution in [0.25, 0.3) is 0 Å². The number of unbranched alkanes of at least 4 members (excludes halogenated alkanes) is 2. The summed E-state index contributed by atoms with van der Waals surface area (Å²) in [5.41, 5.74) is 0. The molecule has 0 heterocycles.